The molecule has 1 saturated heterocycles. The third-order valence-electron chi connectivity index (χ3n) is 3.11. The van der Waals surface area contributed by atoms with Gasteiger partial charge in [0.15, 0.2) is 0 Å². The number of hydrogen-bond acceptors (Lipinski definition) is 2. The number of nitrogens with one attached hydrogen (secondary N) is 1. The standard InChI is InChI=1S/C9H17N3O/c10-4-5-12-6-7-2-1-3-8(7)11-9(12)13/h7-8H,1-6,10H2,(H,11,13). The lowest BCUT2D eigenvalue weighted by Gasteiger charge is -2.35. The van der Waals surface area contributed by atoms with E-state index in [0.29, 0.717) is 25.0 Å². The molecule has 2 fully saturated rings. The van der Waals surface area contributed by atoms with E-state index in [1.165, 1.54) is 12.8 Å². The first-order valence-electron chi connectivity index (χ1n) is 5.07. The van der Waals surface area contributed by atoms with Gasteiger partial charge in [-0.1, -0.05) is 6.42 Å². The quantitative estimate of drug-likeness (QED) is 0.639. The highest BCUT2D eigenvalue weighted by molar-refractivity contribution is 5.75. The Morgan fingerprint density at radius 3 is 3.15 bits per heavy atom. The fourth-order valence-electron chi connectivity index (χ4n) is 2.41. The normalized spacial score (nSPS) is 33.0. The maximum atomic E-state index is 11.5. The number of nitrogens with two attached hydrogens (primary N) is 1. The van der Waals surface area contributed by atoms with Crippen molar-refractivity contribution in [3.8, 4) is 0 Å². The SMILES string of the molecule is NCCN1CC2CCCC2NC1=O. The van der Waals surface area contributed by atoms with Crippen LogP contribution in [-0.4, -0.2) is 36.6 Å². The number of carbonyl (C=O) groups excluding carboxylic acids is 1. The van der Waals surface area contributed by atoms with Crippen molar-refractivity contribution in [2.75, 3.05) is 19.6 Å². The van der Waals surface area contributed by atoms with Gasteiger partial charge in [-0.15, -0.1) is 0 Å². The summed E-state index contributed by atoms with van der Waals surface area (Å²) in [4.78, 5) is 13.3. The summed E-state index contributed by atoms with van der Waals surface area (Å²) in [6.45, 7) is 2.16. The zero-order valence-electron chi connectivity index (χ0n) is 7.83. The predicted octanol–water partition coefficient (Wildman–Crippen LogP) is 0.139. The van der Waals surface area contributed by atoms with Gasteiger partial charge in [0.25, 0.3) is 0 Å². The zero-order valence-corrected chi connectivity index (χ0v) is 7.83. The predicted molar refractivity (Wildman–Crippen MR) is 50.3 cm³/mol. The molecule has 2 atom stereocenters. The third kappa shape index (κ3) is 1.63. The topological polar surface area (TPSA) is 58.4 Å². The minimum Gasteiger partial charge on any atom is -0.335 e. The van der Waals surface area contributed by atoms with Crippen molar-refractivity contribution < 1.29 is 4.79 Å². The summed E-state index contributed by atoms with van der Waals surface area (Å²) in [5, 5.41) is 3.04. The first kappa shape index (κ1) is 8.81. The van der Waals surface area contributed by atoms with Crippen LogP contribution in [0.5, 0.6) is 0 Å². The minimum absolute atomic E-state index is 0.0774. The van der Waals surface area contributed by atoms with Crippen molar-refractivity contribution in [1.29, 1.82) is 0 Å². The molecule has 3 N–H and O–H groups in total. The maximum Gasteiger partial charge on any atom is 0.317 e. The first-order chi connectivity index (χ1) is 6.31. The van der Waals surface area contributed by atoms with E-state index < -0.39 is 0 Å². The Morgan fingerprint density at radius 1 is 1.54 bits per heavy atom. The van der Waals surface area contributed by atoms with Crippen molar-refractivity contribution in [2.45, 2.75) is 25.3 Å². The summed E-state index contributed by atoms with van der Waals surface area (Å²) in [5.41, 5.74) is 5.44. The highest BCUT2D eigenvalue weighted by Gasteiger charge is 2.35. The summed E-state index contributed by atoms with van der Waals surface area (Å²) >= 11 is 0. The molecule has 1 saturated carbocycles. The lowest BCUT2D eigenvalue weighted by atomic mass is 10.0. The Morgan fingerprint density at radius 2 is 2.38 bits per heavy atom. The van der Waals surface area contributed by atoms with E-state index in [9.17, 15) is 4.79 Å². The molecule has 13 heavy (non-hydrogen) atoms. The fraction of sp³-hybridized carbons (Fsp3) is 0.889. The van der Waals surface area contributed by atoms with Crippen molar-refractivity contribution in [3.05, 3.63) is 0 Å². The first-order valence-corrected chi connectivity index (χ1v) is 5.07. The molecule has 1 aliphatic heterocycles. The molecule has 74 valence electrons. The van der Waals surface area contributed by atoms with Gasteiger partial charge in [0.2, 0.25) is 0 Å². The molecule has 0 radical (unpaired) electrons. The third-order valence-corrected chi connectivity index (χ3v) is 3.11. The van der Waals surface area contributed by atoms with Crippen LogP contribution in [0.15, 0.2) is 0 Å². The molecule has 2 amide bonds. The van der Waals surface area contributed by atoms with E-state index >= 15 is 0 Å². The van der Waals surface area contributed by atoms with Crippen LogP contribution in [0.2, 0.25) is 0 Å². The number of hydrogen-bond donors (Lipinski definition) is 2. The Labute approximate surface area is 78.5 Å². The van der Waals surface area contributed by atoms with Crippen LogP contribution in [-0.2, 0) is 0 Å². The molecule has 0 aromatic heterocycles. The monoisotopic (exact) mass is 183 g/mol. The summed E-state index contributed by atoms with van der Waals surface area (Å²) in [7, 11) is 0. The van der Waals surface area contributed by atoms with Crippen LogP contribution in [0.25, 0.3) is 0 Å². The van der Waals surface area contributed by atoms with E-state index in [1.807, 2.05) is 4.90 Å². The van der Waals surface area contributed by atoms with Gasteiger partial charge in [0, 0.05) is 25.7 Å². The molecule has 4 nitrogen and oxygen atoms in total. The van der Waals surface area contributed by atoms with E-state index in [1.54, 1.807) is 0 Å². The van der Waals surface area contributed by atoms with Crippen LogP contribution in [0, 0.1) is 5.92 Å². The van der Waals surface area contributed by atoms with Crippen LogP contribution in [0.3, 0.4) is 0 Å². The number of rotatable bonds is 2. The van der Waals surface area contributed by atoms with Gasteiger partial charge in [-0.05, 0) is 18.8 Å². The molecule has 2 rings (SSSR count). The molecule has 1 heterocycles. The molecular weight excluding hydrogens is 166 g/mol. The lowest BCUT2D eigenvalue weighted by Crippen LogP contribution is -2.55. The summed E-state index contributed by atoms with van der Waals surface area (Å²) in [6, 6.07) is 0.523. The highest BCUT2D eigenvalue weighted by atomic mass is 16.2. The molecular formula is C9H17N3O. The van der Waals surface area contributed by atoms with E-state index in [-0.39, 0.29) is 6.03 Å². The molecule has 0 aromatic rings. The van der Waals surface area contributed by atoms with Crippen molar-refractivity contribution in [1.82, 2.24) is 10.2 Å². The van der Waals surface area contributed by atoms with Gasteiger partial charge in [-0.2, -0.15) is 0 Å². The average Bonchev–Trinajstić information content (AvgIpc) is 2.52. The van der Waals surface area contributed by atoms with Gasteiger partial charge >= 0.3 is 6.03 Å². The largest absolute Gasteiger partial charge is 0.335 e. The Balaban J connectivity index is 1.97. The van der Waals surface area contributed by atoms with Crippen LogP contribution in [0.1, 0.15) is 19.3 Å². The van der Waals surface area contributed by atoms with E-state index in [4.69, 9.17) is 5.73 Å². The Bertz CT molecular complexity index is 207. The second-order valence-corrected chi connectivity index (χ2v) is 3.98. The van der Waals surface area contributed by atoms with Crippen molar-refractivity contribution in [3.63, 3.8) is 0 Å². The zero-order chi connectivity index (χ0) is 9.26. The summed E-state index contributed by atoms with van der Waals surface area (Å²) < 4.78 is 0. The van der Waals surface area contributed by atoms with E-state index in [2.05, 4.69) is 5.32 Å². The Kier molecular flexibility index (Phi) is 2.40. The van der Waals surface area contributed by atoms with Gasteiger partial charge in [-0.25, -0.2) is 4.79 Å². The smallest absolute Gasteiger partial charge is 0.317 e. The number of carbonyl (C=O) groups is 1. The van der Waals surface area contributed by atoms with Crippen LogP contribution >= 0.6 is 0 Å². The Hall–Kier alpha value is -0.770. The highest BCUT2D eigenvalue weighted by Crippen LogP contribution is 2.29. The maximum absolute atomic E-state index is 11.5. The minimum atomic E-state index is 0.0774. The van der Waals surface area contributed by atoms with Gasteiger partial charge < -0.3 is 16.0 Å². The molecule has 1 aliphatic carbocycles. The second kappa shape index (κ2) is 3.54. The summed E-state index contributed by atoms with van der Waals surface area (Å²) in [5.74, 6) is 0.671. The molecule has 0 bridgehead atoms. The number of fused-ring (bicyclic) bond motifs is 1. The number of amides is 2. The fourth-order valence-corrected chi connectivity index (χ4v) is 2.41. The molecule has 4 heteroatoms. The number of nitrogens with zero attached hydrogens (tertiary/aromatic N) is 1. The second-order valence-electron chi connectivity index (χ2n) is 3.98. The van der Waals surface area contributed by atoms with Crippen LogP contribution < -0.4 is 11.1 Å². The lowest BCUT2D eigenvalue weighted by molar-refractivity contribution is 0.156. The average molecular weight is 183 g/mol. The van der Waals surface area contributed by atoms with Gasteiger partial charge in [0.1, 0.15) is 0 Å². The molecule has 0 spiro atoms. The number of urea groups is 1. The van der Waals surface area contributed by atoms with E-state index in [0.717, 1.165) is 13.0 Å². The van der Waals surface area contributed by atoms with Crippen molar-refractivity contribution >= 4 is 6.03 Å². The van der Waals surface area contributed by atoms with Crippen molar-refractivity contribution in [2.24, 2.45) is 11.7 Å². The summed E-state index contributed by atoms with van der Waals surface area (Å²) in [6.07, 6.45) is 3.67. The van der Waals surface area contributed by atoms with Gasteiger partial charge in [0.05, 0.1) is 0 Å². The molecule has 2 unspecified atom stereocenters. The molecule has 2 aliphatic rings. The van der Waals surface area contributed by atoms with Crippen LogP contribution in [0.4, 0.5) is 4.79 Å². The molecule has 0 aromatic carbocycles. The van der Waals surface area contributed by atoms with Gasteiger partial charge in [-0.3, -0.25) is 0 Å².